The molecule has 1 rings (SSSR count). The average molecular weight is 174 g/mol. The molecule has 2 N–H and O–H groups in total. The quantitative estimate of drug-likeness (QED) is 0.549. The second-order valence-corrected chi connectivity index (χ2v) is 3.63. The number of sulfone groups is 1. The van der Waals surface area contributed by atoms with Gasteiger partial charge in [-0.3, -0.25) is 4.90 Å². The van der Waals surface area contributed by atoms with Crippen molar-refractivity contribution in [1.82, 2.24) is 4.90 Å². The highest BCUT2D eigenvalue weighted by atomic mass is 32.2. The lowest BCUT2D eigenvalue weighted by atomic mass is 10.7. The molecular formula is C5H6N2O3S. The molecule has 0 bridgehead atoms. The molecule has 0 spiro atoms. The van der Waals surface area contributed by atoms with Crippen LogP contribution in [-0.4, -0.2) is 19.3 Å². The number of carbonyl (C=O) groups is 1. The van der Waals surface area contributed by atoms with Crippen LogP contribution in [0.4, 0.5) is 4.79 Å². The highest BCUT2D eigenvalue weighted by Crippen LogP contribution is 2.05. The summed E-state index contributed by atoms with van der Waals surface area (Å²) in [6, 6.07) is -0.715. The maximum absolute atomic E-state index is 10.7. The molecule has 0 saturated heterocycles. The Morgan fingerprint density at radius 3 is 2.09 bits per heavy atom. The number of hydrogen-bond acceptors (Lipinski definition) is 3. The van der Waals surface area contributed by atoms with Gasteiger partial charge in [0.15, 0.2) is 9.84 Å². The van der Waals surface area contributed by atoms with Gasteiger partial charge in [0.2, 0.25) is 0 Å². The van der Waals surface area contributed by atoms with Crippen LogP contribution in [0.25, 0.3) is 0 Å². The maximum atomic E-state index is 10.7. The van der Waals surface area contributed by atoms with Crippen LogP contribution in [0.5, 0.6) is 0 Å². The summed E-state index contributed by atoms with van der Waals surface area (Å²) in [4.78, 5) is 11.4. The smallest absolute Gasteiger partial charge is 0.322 e. The molecule has 0 aromatic carbocycles. The zero-order valence-electron chi connectivity index (χ0n) is 5.47. The van der Waals surface area contributed by atoms with Crippen LogP contribution in [0.15, 0.2) is 23.2 Å². The molecule has 0 saturated carbocycles. The fourth-order valence-electron chi connectivity index (χ4n) is 0.543. The molecule has 60 valence electrons. The van der Waals surface area contributed by atoms with E-state index >= 15 is 0 Å². The van der Waals surface area contributed by atoms with Gasteiger partial charge in [0.1, 0.15) is 0 Å². The molecule has 1 aliphatic rings. The van der Waals surface area contributed by atoms with Crippen LogP contribution in [-0.2, 0) is 9.84 Å². The summed E-state index contributed by atoms with van der Waals surface area (Å²) >= 11 is 0. The van der Waals surface area contributed by atoms with Gasteiger partial charge in [-0.1, -0.05) is 0 Å². The third-order valence-corrected chi connectivity index (χ3v) is 2.08. The molecule has 0 aromatic heterocycles. The minimum atomic E-state index is -3.26. The van der Waals surface area contributed by atoms with E-state index < -0.39 is 15.9 Å². The van der Waals surface area contributed by atoms with Gasteiger partial charge in [-0.2, -0.15) is 0 Å². The van der Waals surface area contributed by atoms with E-state index in [2.05, 4.69) is 0 Å². The van der Waals surface area contributed by atoms with E-state index in [9.17, 15) is 13.2 Å². The van der Waals surface area contributed by atoms with Crippen molar-refractivity contribution < 1.29 is 13.2 Å². The summed E-state index contributed by atoms with van der Waals surface area (Å²) in [6.07, 6.45) is 2.19. The lowest BCUT2D eigenvalue weighted by molar-refractivity contribution is 0.235. The number of primary amides is 1. The Balaban J connectivity index is 2.89. The zero-order chi connectivity index (χ0) is 8.48. The van der Waals surface area contributed by atoms with Crippen molar-refractivity contribution in [1.29, 1.82) is 0 Å². The number of nitrogens with zero attached hydrogens (tertiary/aromatic N) is 1. The first-order valence-electron chi connectivity index (χ1n) is 2.70. The van der Waals surface area contributed by atoms with Crippen LogP contribution in [0, 0.1) is 0 Å². The van der Waals surface area contributed by atoms with Gasteiger partial charge in [0.05, 0.1) is 10.8 Å². The topological polar surface area (TPSA) is 80.5 Å². The Hall–Kier alpha value is -1.30. The van der Waals surface area contributed by atoms with Crippen molar-refractivity contribution >= 4 is 15.9 Å². The maximum Gasteiger partial charge on any atom is 0.322 e. The highest BCUT2D eigenvalue weighted by Gasteiger charge is 2.10. The van der Waals surface area contributed by atoms with Crippen molar-refractivity contribution in [3.63, 3.8) is 0 Å². The summed E-state index contributed by atoms with van der Waals surface area (Å²) in [5.74, 6) is 0. The third-order valence-electron chi connectivity index (χ3n) is 1.08. The zero-order valence-corrected chi connectivity index (χ0v) is 6.28. The van der Waals surface area contributed by atoms with E-state index in [-0.39, 0.29) is 0 Å². The first kappa shape index (κ1) is 7.80. The van der Waals surface area contributed by atoms with E-state index in [4.69, 9.17) is 5.73 Å². The lowest BCUT2D eigenvalue weighted by Crippen LogP contribution is -2.27. The summed E-state index contributed by atoms with van der Waals surface area (Å²) < 4.78 is 21.3. The van der Waals surface area contributed by atoms with Gasteiger partial charge in [-0.15, -0.1) is 0 Å². The van der Waals surface area contributed by atoms with E-state index in [0.717, 1.165) is 28.1 Å². The number of carbonyl (C=O) groups excluding carboxylic acids is 1. The molecule has 0 aliphatic carbocycles. The van der Waals surface area contributed by atoms with Crippen molar-refractivity contribution in [2.75, 3.05) is 0 Å². The summed E-state index contributed by atoms with van der Waals surface area (Å²) in [6.45, 7) is 0. The predicted molar refractivity (Wildman–Crippen MR) is 38.6 cm³/mol. The number of hydrogen-bond donors (Lipinski definition) is 1. The van der Waals surface area contributed by atoms with Crippen molar-refractivity contribution in [2.24, 2.45) is 5.73 Å². The molecule has 1 heterocycles. The van der Waals surface area contributed by atoms with Crippen LogP contribution >= 0.6 is 0 Å². The minimum Gasteiger partial charge on any atom is -0.351 e. The lowest BCUT2D eigenvalue weighted by Gasteiger charge is -2.11. The largest absolute Gasteiger partial charge is 0.351 e. The standard InChI is InChI=1S/C5H6N2O3S/c6-5(8)7-1-3-11(9,10)4-2-7/h1-4H,(H2,6,8). The molecule has 6 heteroatoms. The fraction of sp³-hybridized carbons (Fsp3) is 0. The van der Waals surface area contributed by atoms with E-state index in [1.807, 2.05) is 0 Å². The van der Waals surface area contributed by atoms with Crippen LogP contribution in [0.1, 0.15) is 0 Å². The van der Waals surface area contributed by atoms with Gasteiger partial charge in [-0.05, 0) is 0 Å². The Bertz CT molecular complexity index is 308. The van der Waals surface area contributed by atoms with Crippen molar-refractivity contribution in [3.05, 3.63) is 23.2 Å². The van der Waals surface area contributed by atoms with Gasteiger partial charge < -0.3 is 5.73 Å². The molecular weight excluding hydrogens is 168 g/mol. The molecule has 1 aliphatic heterocycles. The second-order valence-electron chi connectivity index (χ2n) is 1.90. The predicted octanol–water partition coefficient (Wildman–Crippen LogP) is -0.262. The fourth-order valence-corrected chi connectivity index (χ4v) is 1.24. The molecule has 2 amide bonds. The number of amides is 2. The molecule has 0 unspecified atom stereocenters. The summed E-state index contributed by atoms with van der Waals surface area (Å²) in [7, 11) is -3.26. The Morgan fingerprint density at radius 2 is 1.73 bits per heavy atom. The third kappa shape index (κ3) is 1.81. The average Bonchev–Trinajstić information content (AvgIpc) is 1.86. The Morgan fingerprint density at radius 1 is 1.27 bits per heavy atom. The van der Waals surface area contributed by atoms with E-state index in [1.165, 1.54) is 0 Å². The van der Waals surface area contributed by atoms with Crippen LogP contribution < -0.4 is 5.73 Å². The highest BCUT2D eigenvalue weighted by molar-refractivity contribution is 7.97. The molecule has 0 fully saturated rings. The van der Waals surface area contributed by atoms with Gasteiger partial charge in [0, 0.05) is 12.4 Å². The summed E-state index contributed by atoms with van der Waals surface area (Å²) in [5.41, 5.74) is 4.85. The number of urea groups is 1. The van der Waals surface area contributed by atoms with E-state index in [1.54, 1.807) is 0 Å². The minimum absolute atomic E-state index is 0.715. The summed E-state index contributed by atoms with van der Waals surface area (Å²) in [5, 5.41) is 1.80. The normalized spacial score (nSPS) is 20.2. The molecule has 0 radical (unpaired) electrons. The monoisotopic (exact) mass is 174 g/mol. The van der Waals surface area contributed by atoms with Gasteiger partial charge in [0.25, 0.3) is 0 Å². The Kier molecular flexibility index (Phi) is 1.69. The van der Waals surface area contributed by atoms with Crippen LogP contribution in [0.3, 0.4) is 0 Å². The Labute approximate surface area is 63.7 Å². The van der Waals surface area contributed by atoms with Gasteiger partial charge >= 0.3 is 6.03 Å². The SMILES string of the molecule is NC(=O)N1C=CS(=O)(=O)C=C1. The first-order chi connectivity index (χ1) is 5.01. The van der Waals surface area contributed by atoms with E-state index in [0.29, 0.717) is 0 Å². The van der Waals surface area contributed by atoms with Crippen molar-refractivity contribution in [2.45, 2.75) is 0 Å². The molecule has 0 aromatic rings. The van der Waals surface area contributed by atoms with Crippen LogP contribution in [0.2, 0.25) is 0 Å². The molecule has 5 nitrogen and oxygen atoms in total. The van der Waals surface area contributed by atoms with Gasteiger partial charge in [-0.25, -0.2) is 13.2 Å². The number of rotatable bonds is 0. The molecule has 11 heavy (non-hydrogen) atoms. The molecule has 0 atom stereocenters. The first-order valence-corrected chi connectivity index (χ1v) is 4.31. The second kappa shape index (κ2) is 2.39. The number of nitrogens with two attached hydrogens (primary N) is 1. The van der Waals surface area contributed by atoms with Crippen molar-refractivity contribution in [3.8, 4) is 0 Å².